The Morgan fingerprint density at radius 2 is 1.26 bits per heavy atom. The van der Waals surface area contributed by atoms with E-state index in [2.05, 4.69) is 19.2 Å². The van der Waals surface area contributed by atoms with Crippen molar-refractivity contribution in [1.29, 1.82) is 5.41 Å². The average molecular weight is 1100 g/mol. The molecule has 1 aromatic carbocycles. The third kappa shape index (κ3) is 29.9. The van der Waals surface area contributed by atoms with Crippen LogP contribution in [0.2, 0.25) is 0 Å². The first-order chi connectivity index (χ1) is 32.2. The highest BCUT2D eigenvalue weighted by molar-refractivity contribution is 7.57. The molecule has 2 rings (SSSR count). The Labute approximate surface area is 435 Å². The number of halogens is 6. The number of ether oxygens (including phenoxy) is 6. The highest BCUT2D eigenvalue weighted by atomic mass is 35.6. The fourth-order valence-corrected chi connectivity index (χ4v) is 8.82. The molecular weight excluding hydrogens is 1020 g/mol. The Morgan fingerprint density at radius 1 is 0.735 bits per heavy atom. The Morgan fingerprint density at radius 3 is 1.78 bits per heavy atom. The van der Waals surface area contributed by atoms with Gasteiger partial charge in [0.25, 0.3) is 3.79 Å². The van der Waals surface area contributed by atoms with Gasteiger partial charge in [-0.2, -0.15) is 0 Å². The van der Waals surface area contributed by atoms with Crippen molar-refractivity contribution in [1.82, 2.24) is 5.32 Å². The molecule has 0 saturated carbocycles. The molecule has 2 unspecified atom stereocenters. The molecule has 1 aliphatic rings. The van der Waals surface area contributed by atoms with Gasteiger partial charge in [-0.05, 0) is 24.8 Å². The van der Waals surface area contributed by atoms with Crippen LogP contribution >= 0.6 is 77.0 Å². The van der Waals surface area contributed by atoms with Crippen LogP contribution in [0.25, 0.3) is 0 Å². The number of hydrogen-bond acceptors (Lipinski definition) is 12. The first-order valence-electron chi connectivity index (χ1n) is 24.4. The molecule has 68 heavy (non-hydrogen) atoms. The average Bonchev–Trinajstić information content (AvgIpc) is 3.25. The maximum Gasteiger partial charge on any atom is 0.407 e. The van der Waals surface area contributed by atoms with Gasteiger partial charge in [-0.25, -0.2) is 4.79 Å². The summed E-state index contributed by atoms with van der Waals surface area (Å²) in [5, 5.41) is 10.9. The summed E-state index contributed by atoms with van der Waals surface area (Å²) in [6, 6.07) is 7.62. The number of unbranched alkanes of at least 4 members (excludes halogenated alkanes) is 18. The lowest BCUT2D eigenvalue weighted by Gasteiger charge is -2.46. The number of rotatable bonds is 35. The number of carbonyl (C=O) groups is 3. The van der Waals surface area contributed by atoms with Gasteiger partial charge in [-0.1, -0.05) is 229 Å². The molecular formula is C48H77Cl6N2O11P. The maximum absolute atomic E-state index is 14.3. The van der Waals surface area contributed by atoms with Gasteiger partial charge >= 0.3 is 18.0 Å². The van der Waals surface area contributed by atoms with Crippen LogP contribution in [-0.4, -0.2) is 94.8 Å². The van der Waals surface area contributed by atoms with Crippen molar-refractivity contribution >= 4 is 101 Å². The standard InChI is InChI=1S/C48H77Cl6N2O11P/c1-5-7-9-11-13-15-16-18-20-22-27-31-39(57)63-37(30-26-21-19-17-14-12-10-8-6-2)32-40(58)65-43-41(56-46(59)62-35-47(49,50)51)44(66-45(55)48(52,53)54)64-38(42(43)67-68(3,4)60)34-61-33-36-28-24-23-25-29-36/h23-25,28-29,37-38,41-44,55H,5-22,26-27,30-35H2,1-4H3,(H,56,59)/t37-,38?,41?,42-,43-,44-/m1/s1. The van der Waals surface area contributed by atoms with Crippen molar-refractivity contribution < 1.29 is 51.9 Å². The molecule has 1 aliphatic heterocycles. The molecule has 392 valence electrons. The van der Waals surface area contributed by atoms with Crippen molar-refractivity contribution in [2.24, 2.45) is 0 Å². The molecule has 0 aromatic heterocycles. The van der Waals surface area contributed by atoms with E-state index < -0.39 is 82.2 Å². The molecule has 1 amide bonds. The van der Waals surface area contributed by atoms with E-state index in [-0.39, 0.29) is 26.1 Å². The van der Waals surface area contributed by atoms with E-state index in [1.54, 1.807) is 0 Å². The van der Waals surface area contributed by atoms with E-state index in [0.717, 1.165) is 50.5 Å². The summed E-state index contributed by atoms with van der Waals surface area (Å²) < 4.78 is 50.4. The topological polar surface area (TPSA) is 169 Å². The van der Waals surface area contributed by atoms with Crippen LogP contribution in [0.15, 0.2) is 30.3 Å². The second-order valence-corrected chi connectivity index (χ2v) is 25.4. The van der Waals surface area contributed by atoms with Gasteiger partial charge in [-0.3, -0.25) is 19.6 Å². The molecule has 1 saturated heterocycles. The molecule has 0 aliphatic carbocycles. The van der Waals surface area contributed by atoms with Crippen molar-refractivity contribution in [2.75, 3.05) is 26.5 Å². The summed E-state index contributed by atoms with van der Waals surface area (Å²) in [6.07, 6.45) is 14.4. The Bertz CT molecular complexity index is 1620. The Hall–Kier alpha value is -1.25. The van der Waals surface area contributed by atoms with Gasteiger partial charge in [0.1, 0.15) is 31.0 Å². The largest absolute Gasteiger partial charge is 0.462 e. The van der Waals surface area contributed by atoms with E-state index in [1.807, 2.05) is 30.3 Å². The number of alkyl carbamates (subject to hydrolysis) is 1. The fraction of sp³-hybridized carbons (Fsp3) is 0.792. The number of carbonyl (C=O) groups excluding carboxylic acids is 3. The first-order valence-corrected chi connectivity index (χ1v) is 29.2. The van der Waals surface area contributed by atoms with E-state index in [1.165, 1.54) is 84.0 Å². The number of nitrogens with one attached hydrogen (secondary N) is 2. The van der Waals surface area contributed by atoms with Crippen LogP contribution < -0.4 is 5.32 Å². The normalized spacial score (nSPS) is 19.2. The second kappa shape index (κ2) is 35.0. The molecule has 1 heterocycles. The monoisotopic (exact) mass is 1100 g/mol. The van der Waals surface area contributed by atoms with Crippen molar-refractivity contribution in [2.45, 2.75) is 212 Å². The van der Waals surface area contributed by atoms with Crippen LogP contribution in [0.5, 0.6) is 0 Å². The molecule has 13 nitrogen and oxygen atoms in total. The molecule has 20 heteroatoms. The highest BCUT2D eigenvalue weighted by Crippen LogP contribution is 2.44. The number of amides is 1. The number of hydrogen-bond donors (Lipinski definition) is 2. The first kappa shape index (κ1) is 62.9. The lowest BCUT2D eigenvalue weighted by atomic mass is 9.96. The van der Waals surface area contributed by atoms with Gasteiger partial charge < -0.3 is 38.3 Å². The fourth-order valence-electron chi connectivity index (χ4n) is 7.68. The zero-order valence-corrected chi connectivity index (χ0v) is 45.9. The minimum Gasteiger partial charge on any atom is -0.462 e. The van der Waals surface area contributed by atoms with E-state index in [9.17, 15) is 18.9 Å². The number of alkyl halides is 6. The number of benzene rings is 1. The molecule has 0 spiro atoms. The molecule has 0 radical (unpaired) electrons. The summed E-state index contributed by atoms with van der Waals surface area (Å²) in [5.41, 5.74) is 0.818. The predicted molar refractivity (Wildman–Crippen MR) is 274 cm³/mol. The summed E-state index contributed by atoms with van der Waals surface area (Å²) in [5.74, 6) is -2.17. The van der Waals surface area contributed by atoms with Crippen LogP contribution in [0.1, 0.15) is 167 Å². The summed E-state index contributed by atoms with van der Waals surface area (Å²) in [6.45, 7) is 6.27. The number of esters is 2. The van der Waals surface area contributed by atoms with E-state index in [0.29, 0.717) is 19.3 Å². The van der Waals surface area contributed by atoms with E-state index in [4.69, 9.17) is 108 Å². The zero-order valence-electron chi connectivity index (χ0n) is 40.4. The van der Waals surface area contributed by atoms with Crippen LogP contribution in [0.3, 0.4) is 0 Å². The third-order valence-electron chi connectivity index (χ3n) is 11.1. The van der Waals surface area contributed by atoms with Crippen molar-refractivity contribution in [3.63, 3.8) is 0 Å². The van der Waals surface area contributed by atoms with Gasteiger partial charge in [0.2, 0.25) is 16.0 Å². The maximum atomic E-state index is 14.3. The van der Waals surface area contributed by atoms with Crippen LogP contribution in [0, 0.1) is 5.41 Å². The van der Waals surface area contributed by atoms with Gasteiger partial charge in [-0.15, -0.1) is 0 Å². The quantitative estimate of drug-likeness (QED) is 0.0126. The molecule has 6 atom stereocenters. The zero-order chi connectivity index (χ0) is 50.4. The van der Waals surface area contributed by atoms with Gasteiger partial charge in [0.05, 0.1) is 19.6 Å². The lowest BCUT2D eigenvalue weighted by Crippen LogP contribution is -2.67. The minimum absolute atomic E-state index is 0.111. The van der Waals surface area contributed by atoms with Gasteiger partial charge in [0, 0.05) is 19.8 Å². The summed E-state index contributed by atoms with van der Waals surface area (Å²) in [4.78, 5) is 40.9. The predicted octanol–water partition coefficient (Wildman–Crippen LogP) is 14.5. The molecule has 0 bridgehead atoms. The minimum atomic E-state index is -3.46. The Kier molecular flexibility index (Phi) is 32.4. The SMILES string of the molecule is CCCCCCCCCCCCCC(=O)O[C@H](CCCCCCCCCCC)CC(=O)O[C@@H]1C(NC(=O)OCC(Cl)(Cl)Cl)[C@@H](OC(=N)C(Cl)(Cl)Cl)OC(COCc2ccccc2)[C@H]1OP(C)(C)=O. The van der Waals surface area contributed by atoms with E-state index >= 15 is 0 Å². The summed E-state index contributed by atoms with van der Waals surface area (Å²) in [7, 11) is -3.46. The molecule has 1 fully saturated rings. The molecule has 2 N–H and O–H groups in total. The van der Waals surface area contributed by atoms with Crippen molar-refractivity contribution in [3.05, 3.63) is 35.9 Å². The lowest BCUT2D eigenvalue weighted by molar-refractivity contribution is -0.252. The second-order valence-electron chi connectivity index (χ2n) is 17.8. The highest BCUT2D eigenvalue weighted by Gasteiger charge is 2.53. The smallest absolute Gasteiger partial charge is 0.407 e. The van der Waals surface area contributed by atoms with Crippen LogP contribution in [0.4, 0.5) is 4.79 Å². The summed E-state index contributed by atoms with van der Waals surface area (Å²) >= 11 is 35.6. The Balaban J connectivity index is 2.38. The van der Waals surface area contributed by atoms with Crippen molar-refractivity contribution in [3.8, 4) is 0 Å². The third-order valence-corrected chi connectivity index (χ3v) is 12.7. The van der Waals surface area contributed by atoms with Gasteiger partial charge in [0.15, 0.2) is 13.5 Å². The molecule has 1 aromatic rings. The van der Waals surface area contributed by atoms with Crippen LogP contribution in [-0.2, 0) is 53.7 Å².